The van der Waals surface area contributed by atoms with Gasteiger partial charge in [0.05, 0.1) is 11.0 Å². The number of ether oxygens (including phenoxy) is 1. The number of amides is 2. The fourth-order valence-corrected chi connectivity index (χ4v) is 6.29. The van der Waals surface area contributed by atoms with Crippen molar-refractivity contribution in [3.05, 3.63) is 124 Å². The Labute approximate surface area is 301 Å². The van der Waals surface area contributed by atoms with E-state index in [1.54, 1.807) is 48.8 Å². The summed E-state index contributed by atoms with van der Waals surface area (Å²) >= 11 is 1.33. The molecule has 2 aromatic heterocycles. The van der Waals surface area contributed by atoms with Crippen molar-refractivity contribution in [3.8, 4) is 28.3 Å². The molecule has 3 aromatic carbocycles. The van der Waals surface area contributed by atoms with E-state index in [0.717, 1.165) is 27.3 Å². The predicted octanol–water partition coefficient (Wildman–Crippen LogP) is 6.60. The summed E-state index contributed by atoms with van der Waals surface area (Å²) in [5.74, 6) is -1.31. The Morgan fingerprint density at radius 3 is 2.00 bits per heavy atom. The zero-order chi connectivity index (χ0) is 36.7. The number of benzene rings is 3. The first-order chi connectivity index (χ1) is 24.3. The number of aromatic nitrogens is 2. The van der Waals surface area contributed by atoms with Crippen molar-refractivity contribution >= 4 is 29.1 Å². The Kier molecular flexibility index (Phi) is 11.6. The van der Waals surface area contributed by atoms with Crippen molar-refractivity contribution < 1.29 is 29.3 Å². The number of carbonyl (C=O) groups excluding carboxylic acids is 2. The van der Waals surface area contributed by atoms with Crippen molar-refractivity contribution in [1.82, 2.24) is 20.6 Å². The maximum Gasteiger partial charge on any atom is 0.329 e. The number of carboxylic acid groups (broad SMARTS) is 1. The maximum absolute atomic E-state index is 13.7. The van der Waals surface area contributed by atoms with E-state index < -0.39 is 36.0 Å². The predicted molar refractivity (Wildman–Crippen MR) is 198 cm³/mol. The molecule has 0 aliphatic carbocycles. The van der Waals surface area contributed by atoms with Gasteiger partial charge in [-0.05, 0) is 60.2 Å². The van der Waals surface area contributed by atoms with Gasteiger partial charge in [0.15, 0.2) is 11.9 Å². The molecule has 2 unspecified atom stereocenters. The highest BCUT2D eigenvalue weighted by Gasteiger charge is 2.33. The van der Waals surface area contributed by atoms with E-state index in [2.05, 4.69) is 20.6 Å². The molecule has 5 rings (SSSR count). The zero-order valence-corrected chi connectivity index (χ0v) is 30.0. The highest BCUT2D eigenvalue weighted by Crippen LogP contribution is 2.30. The molecule has 0 fully saturated rings. The molecule has 0 bridgehead atoms. The molecular formula is C40H42N4O6S. The lowest BCUT2D eigenvalue weighted by atomic mass is 9.95. The number of hydrogen-bond donors (Lipinski definition) is 4. The topological polar surface area (TPSA) is 151 Å². The lowest BCUT2D eigenvalue weighted by Gasteiger charge is -2.24. The number of nitrogens with zero attached hydrogens (tertiary/aromatic N) is 2. The third-order valence-electron chi connectivity index (χ3n) is 8.07. The van der Waals surface area contributed by atoms with Crippen molar-refractivity contribution in [2.45, 2.75) is 70.7 Å². The van der Waals surface area contributed by atoms with Crippen LogP contribution in [0.4, 0.5) is 0 Å². The van der Waals surface area contributed by atoms with Crippen LogP contribution in [-0.4, -0.2) is 56.2 Å². The standard InChI is InChI=1S/C40H42N4O6S/c1-24(2)50-30-17-15-26(16-18-30)29-22-41-36(42-23-29)28-13-11-25(12-14-28)21-31(43-38(47)32-19-20-33(51-32)40(3,4)5)37(46)44-34(39(48)49)35(45)27-9-7-6-8-10-27/h6-20,22-24,31,34-35,45H,21H2,1-5H3,(H,43,47)(H,44,46)(H,48,49)/t31-,34?,35?/m0/s1. The summed E-state index contributed by atoms with van der Waals surface area (Å²) in [7, 11) is 0. The second-order valence-electron chi connectivity index (χ2n) is 13.5. The summed E-state index contributed by atoms with van der Waals surface area (Å²) < 4.78 is 5.72. The van der Waals surface area contributed by atoms with Gasteiger partial charge in [-0.25, -0.2) is 14.8 Å². The van der Waals surface area contributed by atoms with E-state index in [9.17, 15) is 24.6 Å². The first kappa shape index (κ1) is 36.9. The Morgan fingerprint density at radius 2 is 1.43 bits per heavy atom. The smallest absolute Gasteiger partial charge is 0.329 e. The highest BCUT2D eigenvalue weighted by atomic mass is 32.1. The number of carboxylic acids is 1. The average molecular weight is 707 g/mol. The van der Waals surface area contributed by atoms with Crippen LogP contribution in [0.3, 0.4) is 0 Å². The molecule has 0 saturated heterocycles. The van der Waals surface area contributed by atoms with Crippen molar-refractivity contribution in [2.75, 3.05) is 0 Å². The lowest BCUT2D eigenvalue weighted by Crippen LogP contribution is -2.54. The normalized spacial score (nSPS) is 13.2. The Balaban J connectivity index is 1.34. The van der Waals surface area contributed by atoms with Gasteiger partial charge in [-0.15, -0.1) is 11.3 Å². The molecule has 0 aliphatic rings. The summed E-state index contributed by atoms with van der Waals surface area (Å²) in [5.41, 5.74) is 3.44. The number of thiophene rings is 1. The average Bonchev–Trinajstić information content (AvgIpc) is 3.63. The van der Waals surface area contributed by atoms with Crippen LogP contribution >= 0.6 is 11.3 Å². The highest BCUT2D eigenvalue weighted by molar-refractivity contribution is 7.14. The molecule has 264 valence electrons. The van der Waals surface area contributed by atoms with E-state index in [-0.39, 0.29) is 17.9 Å². The molecular weight excluding hydrogens is 665 g/mol. The van der Waals surface area contributed by atoms with Gasteiger partial charge in [-0.3, -0.25) is 9.59 Å². The summed E-state index contributed by atoms with van der Waals surface area (Å²) in [5, 5.41) is 26.1. The van der Waals surface area contributed by atoms with Gasteiger partial charge in [0.2, 0.25) is 5.91 Å². The van der Waals surface area contributed by atoms with E-state index in [0.29, 0.717) is 21.8 Å². The molecule has 0 radical (unpaired) electrons. The van der Waals surface area contributed by atoms with Gasteiger partial charge >= 0.3 is 5.97 Å². The number of carbonyl (C=O) groups is 3. The quantitative estimate of drug-likeness (QED) is 0.107. The first-order valence-electron chi connectivity index (χ1n) is 16.6. The number of rotatable bonds is 13. The van der Waals surface area contributed by atoms with E-state index in [4.69, 9.17) is 4.74 Å². The zero-order valence-electron chi connectivity index (χ0n) is 29.2. The molecule has 2 heterocycles. The van der Waals surface area contributed by atoms with Gasteiger partial charge in [0.25, 0.3) is 5.91 Å². The molecule has 0 saturated carbocycles. The largest absolute Gasteiger partial charge is 0.491 e. The Hall–Kier alpha value is -5.39. The Morgan fingerprint density at radius 1 is 0.804 bits per heavy atom. The SMILES string of the molecule is CC(C)Oc1ccc(-c2cnc(-c3ccc(C[C@H](NC(=O)c4ccc(C(C)(C)C)s4)C(=O)NC(C(=O)O)C(O)c4ccccc4)cc3)nc2)cc1. The number of aliphatic carboxylic acids is 1. The molecule has 5 aromatic rings. The fourth-order valence-electron chi connectivity index (χ4n) is 5.32. The monoisotopic (exact) mass is 706 g/mol. The molecule has 0 spiro atoms. The molecule has 0 aliphatic heterocycles. The molecule has 10 nitrogen and oxygen atoms in total. The van der Waals surface area contributed by atoms with Crippen LogP contribution in [0.25, 0.3) is 22.5 Å². The van der Waals surface area contributed by atoms with Crippen LogP contribution in [-0.2, 0) is 21.4 Å². The number of nitrogens with one attached hydrogen (secondary N) is 2. The van der Waals surface area contributed by atoms with Gasteiger partial charge in [-0.1, -0.05) is 87.5 Å². The minimum Gasteiger partial charge on any atom is -0.491 e. The summed E-state index contributed by atoms with van der Waals surface area (Å²) in [4.78, 5) is 49.9. The summed E-state index contributed by atoms with van der Waals surface area (Å²) in [6.07, 6.45) is 2.13. The minimum absolute atomic E-state index is 0.0550. The van der Waals surface area contributed by atoms with Crippen LogP contribution in [0, 0.1) is 0 Å². The van der Waals surface area contributed by atoms with E-state index >= 15 is 0 Å². The summed E-state index contributed by atoms with van der Waals surface area (Å²) in [6, 6.07) is 24.0. The van der Waals surface area contributed by atoms with E-state index in [1.165, 1.54) is 11.3 Å². The number of aliphatic hydroxyl groups is 1. The molecule has 2 amide bonds. The van der Waals surface area contributed by atoms with Crippen LogP contribution in [0.5, 0.6) is 5.75 Å². The second kappa shape index (κ2) is 16.1. The molecule has 4 N–H and O–H groups in total. The molecule has 11 heteroatoms. The number of aliphatic hydroxyl groups excluding tert-OH is 1. The van der Waals surface area contributed by atoms with E-state index in [1.807, 2.05) is 89.2 Å². The third-order valence-corrected chi connectivity index (χ3v) is 9.58. The second-order valence-corrected chi connectivity index (χ2v) is 14.6. The summed E-state index contributed by atoms with van der Waals surface area (Å²) in [6.45, 7) is 10.1. The van der Waals surface area contributed by atoms with Crippen LogP contribution in [0.2, 0.25) is 0 Å². The maximum atomic E-state index is 13.7. The van der Waals surface area contributed by atoms with Crippen molar-refractivity contribution in [2.24, 2.45) is 0 Å². The molecule has 3 atom stereocenters. The van der Waals surface area contributed by atoms with Crippen LogP contribution in [0.15, 0.2) is 103 Å². The first-order valence-corrected chi connectivity index (χ1v) is 17.5. The van der Waals surface area contributed by atoms with Gasteiger partial charge < -0.3 is 25.6 Å². The number of hydrogen-bond acceptors (Lipinski definition) is 8. The minimum atomic E-state index is -1.65. The lowest BCUT2D eigenvalue weighted by molar-refractivity contribution is -0.145. The third kappa shape index (κ3) is 9.65. The van der Waals surface area contributed by atoms with Crippen molar-refractivity contribution in [3.63, 3.8) is 0 Å². The van der Waals surface area contributed by atoms with Gasteiger partial charge in [0.1, 0.15) is 17.9 Å². The molecule has 51 heavy (non-hydrogen) atoms. The van der Waals surface area contributed by atoms with Gasteiger partial charge in [0, 0.05) is 34.8 Å². The van der Waals surface area contributed by atoms with Crippen molar-refractivity contribution in [1.29, 1.82) is 0 Å². The fraction of sp³-hybridized carbons (Fsp3) is 0.275. The van der Waals surface area contributed by atoms with Gasteiger partial charge in [-0.2, -0.15) is 0 Å². The van der Waals surface area contributed by atoms with Crippen LogP contribution in [0.1, 0.15) is 66.4 Å². The van der Waals surface area contributed by atoms with Crippen LogP contribution < -0.4 is 15.4 Å². The Bertz CT molecular complexity index is 1940.